The van der Waals surface area contributed by atoms with Crippen LogP contribution in [-0.4, -0.2) is 53.4 Å². The zero-order valence-electron chi connectivity index (χ0n) is 14.1. The largest absolute Gasteiger partial charge is 0.335 e. The fourth-order valence-corrected chi connectivity index (χ4v) is 2.98. The molecule has 1 aromatic heterocycles. The average Bonchev–Trinajstić information content (AvgIpc) is 2.93. The number of carbonyl (C=O) groups excluding carboxylic acids is 1. The highest BCUT2D eigenvalue weighted by atomic mass is 35.5. The first-order chi connectivity index (χ1) is 9.89. The molecule has 0 bridgehead atoms. The van der Waals surface area contributed by atoms with E-state index in [-0.39, 0.29) is 30.7 Å². The van der Waals surface area contributed by atoms with Crippen molar-refractivity contribution in [3.05, 3.63) is 16.1 Å². The highest BCUT2D eigenvalue weighted by Crippen LogP contribution is 2.19. The predicted molar refractivity (Wildman–Crippen MR) is 101 cm³/mol. The zero-order chi connectivity index (χ0) is 15.5. The summed E-state index contributed by atoms with van der Waals surface area (Å²) in [6, 6.07) is 0. The van der Waals surface area contributed by atoms with Crippen molar-refractivity contribution >= 4 is 42.1 Å². The summed E-state index contributed by atoms with van der Waals surface area (Å²) in [4.78, 5) is 21.0. The Hall–Kier alpha value is -0.400. The molecule has 1 aliphatic heterocycles. The molecule has 5 nitrogen and oxygen atoms in total. The molecule has 0 saturated carbocycles. The first-order valence-corrected chi connectivity index (χ1v) is 8.43. The molecule has 1 fully saturated rings. The minimum Gasteiger partial charge on any atom is -0.335 e. The lowest BCUT2D eigenvalue weighted by atomic mass is 9.92. The molecule has 0 spiro atoms. The van der Waals surface area contributed by atoms with Crippen molar-refractivity contribution < 1.29 is 4.79 Å². The molecule has 0 atom stereocenters. The first kappa shape index (κ1) is 22.6. The number of aromatic nitrogens is 1. The minimum atomic E-state index is 0. The fourth-order valence-electron chi connectivity index (χ4n) is 2.33. The highest BCUT2D eigenvalue weighted by Gasteiger charge is 2.24. The van der Waals surface area contributed by atoms with Gasteiger partial charge in [-0.3, -0.25) is 9.69 Å². The van der Waals surface area contributed by atoms with Crippen molar-refractivity contribution in [3.8, 4) is 0 Å². The molecular weight excluding hydrogens is 355 g/mol. The van der Waals surface area contributed by atoms with Crippen molar-refractivity contribution in [3.63, 3.8) is 0 Å². The number of carbonyl (C=O) groups is 1. The van der Waals surface area contributed by atoms with Crippen LogP contribution in [-0.2, 0) is 6.54 Å². The van der Waals surface area contributed by atoms with E-state index in [1.54, 1.807) is 0 Å². The third-order valence-corrected chi connectivity index (χ3v) is 4.65. The van der Waals surface area contributed by atoms with Crippen molar-refractivity contribution in [2.75, 3.05) is 32.7 Å². The van der Waals surface area contributed by atoms with Crippen molar-refractivity contribution in [1.82, 2.24) is 14.8 Å². The van der Waals surface area contributed by atoms with Gasteiger partial charge in [-0.15, -0.1) is 36.2 Å². The van der Waals surface area contributed by atoms with Gasteiger partial charge in [0.1, 0.15) is 10.7 Å². The maximum atomic E-state index is 12.4. The van der Waals surface area contributed by atoms with Gasteiger partial charge in [0.05, 0.1) is 0 Å². The van der Waals surface area contributed by atoms with E-state index in [4.69, 9.17) is 5.73 Å². The molecule has 23 heavy (non-hydrogen) atoms. The van der Waals surface area contributed by atoms with Crippen LogP contribution in [0.3, 0.4) is 0 Å². The van der Waals surface area contributed by atoms with Crippen LogP contribution in [0.5, 0.6) is 0 Å². The van der Waals surface area contributed by atoms with Gasteiger partial charge in [-0.05, 0) is 18.4 Å². The maximum Gasteiger partial charge on any atom is 0.273 e. The van der Waals surface area contributed by atoms with Gasteiger partial charge in [-0.25, -0.2) is 4.98 Å². The van der Waals surface area contributed by atoms with Gasteiger partial charge >= 0.3 is 0 Å². The summed E-state index contributed by atoms with van der Waals surface area (Å²) in [7, 11) is 0. The van der Waals surface area contributed by atoms with Gasteiger partial charge in [-0.1, -0.05) is 20.8 Å². The number of amides is 1. The first-order valence-electron chi connectivity index (χ1n) is 7.55. The van der Waals surface area contributed by atoms with E-state index in [2.05, 4.69) is 30.7 Å². The summed E-state index contributed by atoms with van der Waals surface area (Å²) in [5.74, 6) is 0.0430. The van der Waals surface area contributed by atoms with Gasteiger partial charge in [0.25, 0.3) is 5.91 Å². The van der Waals surface area contributed by atoms with Gasteiger partial charge in [0.15, 0.2) is 0 Å². The standard InChI is InChI=1S/C15H26N4OS.2ClH/c1-15(2,3)4-5-18-6-8-19(9-7-18)14(20)12-11-21-13(10-16)17-12;;/h11H,4-10,16H2,1-3H3;2*1H. The van der Waals surface area contributed by atoms with Gasteiger partial charge in [0, 0.05) is 38.1 Å². The molecule has 0 radical (unpaired) electrons. The Morgan fingerprint density at radius 1 is 1.26 bits per heavy atom. The summed E-state index contributed by atoms with van der Waals surface area (Å²) in [5, 5.41) is 2.64. The number of hydrogen-bond acceptors (Lipinski definition) is 5. The molecule has 2 N–H and O–H groups in total. The second-order valence-corrected chi connectivity index (χ2v) is 7.72. The highest BCUT2D eigenvalue weighted by molar-refractivity contribution is 7.09. The number of rotatable bonds is 4. The minimum absolute atomic E-state index is 0. The molecule has 134 valence electrons. The van der Waals surface area contributed by atoms with Crippen molar-refractivity contribution in [2.24, 2.45) is 11.1 Å². The van der Waals surface area contributed by atoms with Crippen LogP contribution < -0.4 is 5.73 Å². The molecule has 1 amide bonds. The Balaban J connectivity index is 0.00000242. The molecule has 8 heteroatoms. The van der Waals surface area contributed by atoms with Crippen LogP contribution in [0.2, 0.25) is 0 Å². The monoisotopic (exact) mass is 382 g/mol. The van der Waals surface area contributed by atoms with Crippen LogP contribution in [0.1, 0.15) is 42.7 Å². The average molecular weight is 383 g/mol. The van der Waals surface area contributed by atoms with E-state index in [1.165, 1.54) is 17.8 Å². The number of hydrogen-bond donors (Lipinski definition) is 1. The van der Waals surface area contributed by atoms with E-state index in [0.717, 1.165) is 37.7 Å². The van der Waals surface area contributed by atoms with E-state index < -0.39 is 0 Å². The summed E-state index contributed by atoms with van der Waals surface area (Å²) in [6.07, 6.45) is 1.19. The molecular formula is C15H28Cl2N4OS. The van der Waals surface area contributed by atoms with Crippen LogP contribution in [0.15, 0.2) is 5.38 Å². The normalized spacial score (nSPS) is 15.7. The zero-order valence-corrected chi connectivity index (χ0v) is 16.5. The number of nitrogens with two attached hydrogens (primary N) is 1. The van der Waals surface area contributed by atoms with E-state index >= 15 is 0 Å². The summed E-state index contributed by atoms with van der Waals surface area (Å²) in [6.45, 7) is 11.8. The molecule has 0 aromatic carbocycles. The van der Waals surface area contributed by atoms with Crippen LogP contribution >= 0.6 is 36.2 Å². The Labute approximate surface area is 155 Å². The molecule has 0 aliphatic carbocycles. The number of nitrogens with zero attached hydrogens (tertiary/aromatic N) is 3. The SMILES string of the molecule is CC(C)(C)CCN1CCN(C(=O)c2csc(CN)n2)CC1.Cl.Cl. The lowest BCUT2D eigenvalue weighted by molar-refractivity contribution is 0.0618. The molecule has 1 aromatic rings. The smallest absolute Gasteiger partial charge is 0.273 e. The lowest BCUT2D eigenvalue weighted by Crippen LogP contribution is -2.49. The van der Waals surface area contributed by atoms with Crippen molar-refractivity contribution in [2.45, 2.75) is 33.7 Å². The molecule has 1 saturated heterocycles. The Kier molecular flexibility index (Phi) is 9.62. The summed E-state index contributed by atoms with van der Waals surface area (Å²) < 4.78 is 0. The quantitative estimate of drug-likeness (QED) is 0.868. The molecule has 2 heterocycles. The van der Waals surface area contributed by atoms with Gasteiger partial charge in [0.2, 0.25) is 0 Å². The summed E-state index contributed by atoms with van der Waals surface area (Å²) >= 11 is 1.46. The van der Waals surface area contributed by atoms with Gasteiger partial charge < -0.3 is 10.6 Å². The number of piperazine rings is 1. The predicted octanol–water partition coefficient (Wildman–Crippen LogP) is 2.64. The fraction of sp³-hybridized carbons (Fsp3) is 0.733. The Morgan fingerprint density at radius 3 is 2.35 bits per heavy atom. The molecule has 0 unspecified atom stereocenters. The number of halogens is 2. The summed E-state index contributed by atoms with van der Waals surface area (Å²) in [5.41, 5.74) is 6.46. The third-order valence-electron chi connectivity index (χ3n) is 3.78. The van der Waals surface area contributed by atoms with E-state index in [0.29, 0.717) is 17.7 Å². The van der Waals surface area contributed by atoms with Crippen LogP contribution in [0.4, 0.5) is 0 Å². The van der Waals surface area contributed by atoms with Crippen LogP contribution in [0, 0.1) is 5.41 Å². The maximum absolute atomic E-state index is 12.4. The van der Waals surface area contributed by atoms with Crippen LogP contribution in [0.25, 0.3) is 0 Å². The van der Waals surface area contributed by atoms with E-state index in [9.17, 15) is 4.79 Å². The molecule has 2 rings (SSSR count). The second-order valence-electron chi connectivity index (χ2n) is 6.78. The topological polar surface area (TPSA) is 62.5 Å². The Morgan fingerprint density at radius 2 is 1.87 bits per heavy atom. The number of thiazole rings is 1. The lowest BCUT2D eigenvalue weighted by Gasteiger charge is -2.35. The Bertz CT molecular complexity index is 482. The van der Waals surface area contributed by atoms with E-state index in [1.807, 2.05) is 10.3 Å². The third kappa shape index (κ3) is 6.93. The molecule has 1 aliphatic rings. The van der Waals surface area contributed by atoms with Gasteiger partial charge in [-0.2, -0.15) is 0 Å². The second kappa shape index (κ2) is 9.79. The van der Waals surface area contributed by atoms with Crippen molar-refractivity contribution in [1.29, 1.82) is 0 Å².